The number of nitrogens with two attached hydrogens (primary N) is 1. The second kappa shape index (κ2) is 30.6. The van der Waals surface area contributed by atoms with Crippen molar-refractivity contribution in [3.63, 3.8) is 0 Å². The number of ketones is 2. The highest BCUT2D eigenvalue weighted by Gasteiger charge is 2.66. The molecule has 2 aromatic heterocycles. The van der Waals surface area contributed by atoms with Crippen LogP contribution in [0, 0.1) is 22.7 Å². The number of alkyl halides is 4. The van der Waals surface area contributed by atoms with Gasteiger partial charge < -0.3 is 35.1 Å². The summed E-state index contributed by atoms with van der Waals surface area (Å²) in [6.45, 7) is 5.02. The predicted octanol–water partition coefficient (Wildman–Crippen LogP) is 11.7. The van der Waals surface area contributed by atoms with Crippen LogP contribution in [0.15, 0.2) is 97.1 Å². The molecule has 0 bridgehead atoms. The van der Waals surface area contributed by atoms with E-state index in [4.69, 9.17) is 29.9 Å². The van der Waals surface area contributed by atoms with Crippen molar-refractivity contribution in [3.05, 3.63) is 97.1 Å². The number of rotatable bonds is 11. The van der Waals surface area contributed by atoms with Gasteiger partial charge >= 0.3 is 6.09 Å². The molecule has 8 aliphatic rings. The summed E-state index contributed by atoms with van der Waals surface area (Å²) in [5, 5.41) is 6.42. The fraction of sp³-hybridized carbons (Fsp3) is 0.560. The van der Waals surface area contributed by atoms with Crippen LogP contribution in [-0.4, -0.2) is 155 Å². The molecule has 6 heterocycles. The number of sulfonamides is 2. The molecule has 0 unspecified atom stereocenters. The number of halogens is 6. The molecule has 0 radical (unpaired) electrons. The topological polar surface area (TPSA) is 310 Å². The maximum Gasteiger partial charge on any atom is 0.408 e. The van der Waals surface area contributed by atoms with E-state index in [0.717, 1.165) is 37.8 Å². The lowest BCUT2D eigenvalue weighted by Gasteiger charge is -2.30. The highest BCUT2D eigenvalue weighted by Crippen LogP contribution is 2.62. The lowest BCUT2D eigenvalue weighted by Crippen LogP contribution is -2.53. The molecule has 568 valence electrons. The molecule has 5 N–H and O–H groups in total. The quantitative estimate of drug-likeness (QED) is 0.0692. The largest absolute Gasteiger partial charge is 0.472 e. The van der Waals surface area contributed by atoms with E-state index in [1.165, 1.54) is 9.80 Å². The Labute approximate surface area is 619 Å². The van der Waals surface area contributed by atoms with Crippen LogP contribution in [-0.2, 0) is 53.6 Å². The molecule has 6 aromatic rings. The van der Waals surface area contributed by atoms with Gasteiger partial charge in [0.2, 0.25) is 67.3 Å². The minimum Gasteiger partial charge on any atom is -0.472 e. The van der Waals surface area contributed by atoms with Crippen LogP contribution < -0.4 is 30.0 Å². The Morgan fingerprint density at radius 2 is 0.914 bits per heavy atom. The third-order valence-corrected chi connectivity index (χ3v) is 25.4. The summed E-state index contributed by atoms with van der Waals surface area (Å²) in [5.74, 6) is -11.4. The first-order chi connectivity index (χ1) is 48.8. The molecule has 5 amide bonds. The Morgan fingerprint density at radius 1 is 0.524 bits per heavy atom. The number of hydrogen-bond acceptors (Lipinski definition) is 17. The molecule has 4 saturated carbocycles. The number of carbonyl (C=O) groups excluding carboxylic acids is 7. The predicted molar refractivity (Wildman–Crippen MR) is 389 cm³/mol. The number of Topliss-reactive ketones (excluding diaryl/α,β-unsaturated/α-hetero) is 2. The molecule has 0 spiro atoms. The van der Waals surface area contributed by atoms with Gasteiger partial charge in [0.25, 0.3) is 0 Å². The van der Waals surface area contributed by atoms with Crippen molar-refractivity contribution < 1.29 is 82.2 Å². The summed E-state index contributed by atoms with van der Waals surface area (Å²) in [6, 6.07) is 26.2. The van der Waals surface area contributed by atoms with Crippen LogP contribution in [0.5, 0.6) is 11.8 Å². The van der Waals surface area contributed by atoms with Crippen LogP contribution in [0.3, 0.4) is 0 Å². The molecule has 4 aliphatic carbocycles. The lowest BCUT2D eigenvalue weighted by atomic mass is 9.89. The van der Waals surface area contributed by atoms with E-state index in [1.807, 2.05) is 97.1 Å². The van der Waals surface area contributed by atoms with Gasteiger partial charge in [-0.05, 0) is 132 Å². The van der Waals surface area contributed by atoms with Gasteiger partial charge in [0.05, 0.1) is 63.6 Å². The van der Waals surface area contributed by atoms with E-state index in [9.17, 15) is 50.4 Å². The average molecular weight is 1540 g/mol. The highest BCUT2D eigenvalue weighted by atomic mass is 35.5. The molecule has 30 heteroatoms. The molecule has 105 heavy (non-hydrogen) atoms. The Bertz CT molecular complexity index is 4590. The van der Waals surface area contributed by atoms with E-state index in [2.05, 4.69) is 14.8 Å². The summed E-state index contributed by atoms with van der Waals surface area (Å²) < 4.78 is 135. The van der Waals surface area contributed by atoms with E-state index in [-0.39, 0.29) is 89.3 Å². The number of hydrogen-bond donors (Lipinski definition) is 4. The third-order valence-electron chi connectivity index (χ3n) is 21.8. The second-order valence-electron chi connectivity index (χ2n) is 30.8. The van der Waals surface area contributed by atoms with Crippen molar-refractivity contribution in [1.82, 2.24) is 34.5 Å². The maximum absolute atomic E-state index is 15.4. The van der Waals surface area contributed by atoms with Crippen molar-refractivity contribution in [2.45, 2.75) is 226 Å². The van der Waals surface area contributed by atoms with Crippen molar-refractivity contribution in [2.75, 3.05) is 13.1 Å². The molecule has 4 aliphatic heterocycles. The number of amides is 5. The number of carbonyl (C=O) groups is 7. The smallest absolute Gasteiger partial charge is 0.408 e. The average Bonchev–Trinajstić information content (AvgIpc) is 1.60. The number of aromatic nitrogens is 2. The van der Waals surface area contributed by atoms with Gasteiger partial charge in [0.15, 0.2) is 11.6 Å². The summed E-state index contributed by atoms with van der Waals surface area (Å²) >= 11 is 0. The van der Waals surface area contributed by atoms with Gasteiger partial charge in [-0.15, -0.1) is 24.8 Å². The van der Waals surface area contributed by atoms with Crippen LogP contribution in [0.2, 0.25) is 0 Å². The van der Waals surface area contributed by atoms with Crippen LogP contribution >= 0.6 is 24.8 Å². The number of ether oxygens (including phenoxy) is 3. The standard InChI is InChI=1S/C40H48F2N4O8S.C35H40F2N4O6S.2ClH/c1-38(2,3)54-37(50)44-31-15-5-4-10-18-40(41,42)21-24-20-39(24,36(49)45-55(51,52)26-16-17-26)22-33(47)32-19-25(23-46(32)35(31)48)53-34-29-13-7-6-11-27(29)28-12-8-9-14-30(28)43-34;36-35(37)15-7-1-2-11-27(38)32(43)41-20-22(47-31-26-10-4-3-8-24(26)25-9-5-6-12-28(25)39-31)16-29(41)30(42)19-34(17-21(34)18-35)33(44)40-48(45,46)23-13-14-23;;/h6-9,11-14,24-26,31-32H,4-5,10,15-23H2,1-3H3,(H,44,50)(H,45,49);3-6,8-10,12,21-23,27,29H,1-2,7,11,13-20,38H2,(H,40,44);2*1H/t24-,25+,31-,32-,39+;21-,22+,27-,29-,34+;;/m00../s1. The maximum atomic E-state index is 15.4. The minimum atomic E-state index is -4.04. The minimum absolute atomic E-state index is 0. The molecular formula is C75H90Cl2F4N8O14S2. The van der Waals surface area contributed by atoms with Crippen molar-refractivity contribution in [1.29, 1.82) is 0 Å². The first-order valence-electron chi connectivity index (χ1n) is 36.0. The van der Waals surface area contributed by atoms with Crippen molar-refractivity contribution in [3.8, 4) is 11.8 Å². The zero-order valence-corrected chi connectivity index (χ0v) is 62.0. The molecule has 14 rings (SSSR count). The zero-order chi connectivity index (χ0) is 73.2. The van der Waals surface area contributed by atoms with Crippen molar-refractivity contribution in [2.24, 2.45) is 28.4 Å². The molecule has 8 fully saturated rings. The van der Waals surface area contributed by atoms with Gasteiger partial charge in [-0.3, -0.25) is 38.2 Å². The summed E-state index contributed by atoms with van der Waals surface area (Å²) in [7, 11) is -8.01. The number of benzene rings is 4. The lowest BCUT2D eigenvalue weighted by molar-refractivity contribution is -0.140. The van der Waals surface area contributed by atoms with Crippen LogP contribution in [0.4, 0.5) is 22.4 Å². The molecule has 4 aromatic carbocycles. The summed E-state index contributed by atoms with van der Waals surface area (Å²) in [4.78, 5) is 110. The fourth-order valence-electron chi connectivity index (χ4n) is 15.8. The van der Waals surface area contributed by atoms with E-state index in [0.29, 0.717) is 68.6 Å². The van der Waals surface area contributed by atoms with Gasteiger partial charge in [0, 0.05) is 72.9 Å². The first kappa shape index (κ1) is 78.5. The van der Waals surface area contributed by atoms with Gasteiger partial charge in [-0.2, -0.15) is 0 Å². The van der Waals surface area contributed by atoms with Crippen LogP contribution in [0.25, 0.3) is 43.4 Å². The Kier molecular flexibility index (Phi) is 22.9. The van der Waals surface area contributed by atoms with Crippen molar-refractivity contribution >= 4 is 129 Å². The molecule has 22 nitrogen and oxygen atoms in total. The Morgan fingerprint density at radius 3 is 1.33 bits per heavy atom. The van der Waals surface area contributed by atoms with Gasteiger partial charge in [-0.1, -0.05) is 98.5 Å². The Balaban J connectivity index is 0.000000208. The summed E-state index contributed by atoms with van der Waals surface area (Å²) in [6.07, 6.45) is -1.55. The number of alkyl carbamates (subject to hydrolysis) is 1. The first-order valence-corrected chi connectivity index (χ1v) is 39.1. The SMILES string of the molecule is CC(C)(C)OC(=O)N[C@H]1CCCCCC(F)(F)C[C@@H]2C[C@@]2(C(=O)NS(=O)(=O)C2CC2)CC(=O)[C@@H]2C[C@@H](Oc3nc4ccccc4c4ccccc34)CN2C1=O.Cl.Cl.N[C@H]1CCCCCC(F)(F)C[C@@H]2C[C@@]2(C(=O)NS(=O)(=O)C2CC2)CC(=O)[C@@H]2C[C@@H](Oc3nc4ccccc4c4ccccc34)CN2C1=O. The molecule has 10 atom stereocenters. The number of nitrogens with zero attached hydrogens (tertiary/aromatic N) is 4. The highest BCUT2D eigenvalue weighted by molar-refractivity contribution is 7.91. The van der Waals surface area contributed by atoms with Gasteiger partial charge in [0.1, 0.15) is 23.9 Å². The van der Waals surface area contributed by atoms with E-state index in [1.54, 1.807) is 20.8 Å². The Hall–Kier alpha value is -7.53. The molecular weight excluding hydrogens is 1450 g/mol. The fourth-order valence-corrected chi connectivity index (χ4v) is 18.6. The third kappa shape index (κ3) is 17.6. The number of para-hydroxylation sites is 2. The number of nitrogens with one attached hydrogen (secondary N) is 3. The number of pyridine rings is 2. The normalized spacial score (nSPS) is 28.2. The summed E-state index contributed by atoms with van der Waals surface area (Å²) in [5.41, 5.74) is 3.58. The zero-order valence-electron chi connectivity index (χ0n) is 58.7. The molecule has 4 saturated heterocycles. The number of fused-ring (bicyclic) bond motifs is 10. The van der Waals surface area contributed by atoms with E-state index < -0.39 is 187 Å². The monoisotopic (exact) mass is 1540 g/mol. The van der Waals surface area contributed by atoms with Gasteiger partial charge in [-0.25, -0.2) is 49.2 Å². The van der Waals surface area contributed by atoms with E-state index >= 15 is 17.6 Å². The van der Waals surface area contributed by atoms with Crippen LogP contribution in [0.1, 0.15) is 162 Å². The second-order valence-corrected chi connectivity index (χ2v) is 34.7.